The smallest absolute Gasteiger partial charge is 0.263 e. The molecule has 4 nitrogen and oxygen atoms in total. The van der Waals surface area contributed by atoms with E-state index in [4.69, 9.17) is 10.00 Å². The first-order valence-corrected chi connectivity index (χ1v) is 7.84. The largest absolute Gasteiger partial charge is 0.481 e. The molecule has 0 bridgehead atoms. The van der Waals surface area contributed by atoms with Crippen LogP contribution < -0.4 is 4.74 Å². The molecule has 114 valence electrons. The molecule has 0 saturated carbocycles. The Kier molecular flexibility index (Phi) is 5.18. The maximum absolute atomic E-state index is 12.4. The number of ether oxygens (including phenoxy) is 1. The van der Waals surface area contributed by atoms with Crippen LogP contribution in [-0.2, 0) is 11.3 Å². The van der Waals surface area contributed by atoms with E-state index in [2.05, 4.69) is 6.07 Å². The van der Waals surface area contributed by atoms with Gasteiger partial charge in [-0.1, -0.05) is 0 Å². The fourth-order valence-corrected chi connectivity index (χ4v) is 2.99. The number of thiophene rings is 1. The number of benzene rings is 1. The summed E-state index contributed by atoms with van der Waals surface area (Å²) in [6, 6.07) is 10.8. The lowest BCUT2D eigenvalue weighted by molar-refractivity contribution is -0.137. The zero-order valence-electron chi connectivity index (χ0n) is 12.9. The number of carbonyl (C=O) groups is 1. The predicted octanol–water partition coefficient (Wildman–Crippen LogP) is 3.35. The summed E-state index contributed by atoms with van der Waals surface area (Å²) in [5.41, 5.74) is 1.77. The lowest BCUT2D eigenvalue weighted by atomic mass is 10.2. The van der Waals surface area contributed by atoms with Gasteiger partial charge in [0.1, 0.15) is 5.75 Å². The molecule has 0 N–H and O–H groups in total. The molecule has 1 heterocycles. The van der Waals surface area contributed by atoms with Gasteiger partial charge in [-0.15, -0.1) is 11.3 Å². The molecule has 0 unspecified atom stereocenters. The number of aryl methyl sites for hydroxylation is 1. The minimum atomic E-state index is -0.571. The van der Waals surface area contributed by atoms with Gasteiger partial charge in [-0.05, 0) is 55.1 Å². The summed E-state index contributed by atoms with van der Waals surface area (Å²) in [6.07, 6.45) is -0.571. The van der Waals surface area contributed by atoms with Crippen LogP contribution in [0.25, 0.3) is 0 Å². The molecule has 0 spiro atoms. The Morgan fingerprint density at radius 3 is 2.59 bits per heavy atom. The number of hydrogen-bond acceptors (Lipinski definition) is 4. The molecule has 1 atom stereocenters. The molecule has 0 aliphatic heterocycles. The molecule has 0 radical (unpaired) electrons. The van der Waals surface area contributed by atoms with Gasteiger partial charge in [0.05, 0.1) is 18.2 Å². The van der Waals surface area contributed by atoms with Crippen LogP contribution in [0, 0.1) is 18.3 Å². The second-order valence-electron chi connectivity index (χ2n) is 5.12. The highest BCUT2D eigenvalue weighted by molar-refractivity contribution is 7.10. The third-order valence-corrected chi connectivity index (χ3v) is 4.38. The molecule has 1 amide bonds. The van der Waals surface area contributed by atoms with Crippen molar-refractivity contribution in [2.75, 3.05) is 7.05 Å². The quantitative estimate of drug-likeness (QED) is 0.850. The van der Waals surface area contributed by atoms with Gasteiger partial charge in [0.25, 0.3) is 5.91 Å². The molecule has 1 aromatic carbocycles. The van der Waals surface area contributed by atoms with E-state index in [-0.39, 0.29) is 5.91 Å². The van der Waals surface area contributed by atoms with Gasteiger partial charge < -0.3 is 9.64 Å². The van der Waals surface area contributed by atoms with Crippen LogP contribution in [0.15, 0.2) is 35.7 Å². The van der Waals surface area contributed by atoms with Gasteiger partial charge in [-0.25, -0.2) is 0 Å². The number of nitriles is 1. The first-order chi connectivity index (χ1) is 10.5. The zero-order chi connectivity index (χ0) is 16.1. The van der Waals surface area contributed by atoms with Crippen LogP contribution >= 0.6 is 11.3 Å². The topological polar surface area (TPSA) is 53.3 Å². The monoisotopic (exact) mass is 314 g/mol. The first-order valence-electron chi connectivity index (χ1n) is 6.96. The summed E-state index contributed by atoms with van der Waals surface area (Å²) in [7, 11) is 1.78. The van der Waals surface area contributed by atoms with E-state index in [0.717, 1.165) is 0 Å². The van der Waals surface area contributed by atoms with Gasteiger partial charge in [-0.3, -0.25) is 4.79 Å². The van der Waals surface area contributed by atoms with Crippen LogP contribution in [0.4, 0.5) is 0 Å². The Morgan fingerprint density at radius 1 is 1.36 bits per heavy atom. The minimum absolute atomic E-state index is 0.0721. The molecule has 0 aliphatic carbocycles. The van der Waals surface area contributed by atoms with Crippen molar-refractivity contribution in [2.24, 2.45) is 0 Å². The maximum atomic E-state index is 12.4. The van der Waals surface area contributed by atoms with Gasteiger partial charge in [-0.2, -0.15) is 5.26 Å². The van der Waals surface area contributed by atoms with Crippen molar-refractivity contribution >= 4 is 17.2 Å². The summed E-state index contributed by atoms with van der Waals surface area (Å²) >= 11 is 1.65. The SMILES string of the molecule is Cc1ccsc1CN(C)C(=O)[C@@H](C)Oc1ccc(C#N)cc1. The van der Waals surface area contributed by atoms with Crippen molar-refractivity contribution in [1.29, 1.82) is 5.26 Å². The van der Waals surface area contributed by atoms with Crippen LogP contribution in [0.3, 0.4) is 0 Å². The Labute approximate surface area is 134 Å². The Hall–Kier alpha value is -2.32. The molecule has 2 rings (SSSR count). The van der Waals surface area contributed by atoms with E-state index in [1.807, 2.05) is 18.4 Å². The van der Waals surface area contributed by atoms with Crippen molar-refractivity contribution in [3.05, 3.63) is 51.7 Å². The lowest BCUT2D eigenvalue weighted by Gasteiger charge is -2.22. The minimum Gasteiger partial charge on any atom is -0.481 e. The van der Waals surface area contributed by atoms with Crippen LogP contribution in [0.5, 0.6) is 5.75 Å². The molecule has 1 aromatic heterocycles. The van der Waals surface area contributed by atoms with E-state index in [1.54, 1.807) is 54.5 Å². The number of nitrogens with zero attached hydrogens (tertiary/aromatic N) is 2. The van der Waals surface area contributed by atoms with Gasteiger partial charge in [0, 0.05) is 11.9 Å². The summed E-state index contributed by atoms with van der Waals surface area (Å²) in [6.45, 7) is 4.36. The van der Waals surface area contributed by atoms with Crippen molar-refractivity contribution in [3.63, 3.8) is 0 Å². The summed E-state index contributed by atoms with van der Waals surface area (Å²) in [5, 5.41) is 10.8. The zero-order valence-corrected chi connectivity index (χ0v) is 13.7. The van der Waals surface area contributed by atoms with Crippen molar-refractivity contribution < 1.29 is 9.53 Å². The number of rotatable bonds is 5. The number of amides is 1. The highest BCUT2D eigenvalue weighted by Crippen LogP contribution is 2.19. The maximum Gasteiger partial charge on any atom is 0.263 e. The Bertz CT molecular complexity index is 685. The molecule has 22 heavy (non-hydrogen) atoms. The molecule has 0 saturated heterocycles. The van der Waals surface area contributed by atoms with Gasteiger partial charge in [0.15, 0.2) is 6.10 Å². The molecule has 0 fully saturated rings. The Morgan fingerprint density at radius 2 is 2.05 bits per heavy atom. The molecule has 5 heteroatoms. The summed E-state index contributed by atoms with van der Waals surface area (Å²) in [4.78, 5) is 15.2. The average molecular weight is 314 g/mol. The normalized spacial score (nSPS) is 11.5. The third-order valence-electron chi connectivity index (χ3n) is 3.37. The highest BCUT2D eigenvalue weighted by atomic mass is 32.1. The molecular weight excluding hydrogens is 296 g/mol. The standard InChI is InChI=1S/C17H18N2O2S/c1-12-8-9-22-16(12)11-19(3)17(20)13(2)21-15-6-4-14(10-18)5-7-15/h4-9,13H,11H2,1-3H3/t13-/m1/s1. The fraction of sp³-hybridized carbons (Fsp3) is 0.294. The van der Waals surface area contributed by atoms with Crippen molar-refractivity contribution in [1.82, 2.24) is 4.90 Å². The Balaban J connectivity index is 1.96. The van der Waals surface area contributed by atoms with Crippen molar-refractivity contribution in [2.45, 2.75) is 26.5 Å². The predicted molar refractivity (Wildman–Crippen MR) is 86.8 cm³/mol. The van der Waals surface area contributed by atoms with E-state index in [9.17, 15) is 4.79 Å². The van der Waals surface area contributed by atoms with Crippen molar-refractivity contribution in [3.8, 4) is 11.8 Å². The van der Waals surface area contributed by atoms with E-state index in [1.165, 1.54) is 10.4 Å². The average Bonchev–Trinajstić information content (AvgIpc) is 2.92. The first kappa shape index (κ1) is 16.1. The second-order valence-corrected chi connectivity index (χ2v) is 6.12. The van der Waals surface area contributed by atoms with Crippen LogP contribution in [0.2, 0.25) is 0 Å². The summed E-state index contributed by atoms with van der Waals surface area (Å²) < 4.78 is 5.65. The third kappa shape index (κ3) is 3.86. The highest BCUT2D eigenvalue weighted by Gasteiger charge is 2.20. The fourth-order valence-electron chi connectivity index (χ4n) is 2.03. The molecule has 0 aliphatic rings. The van der Waals surface area contributed by atoms with E-state index < -0.39 is 6.10 Å². The number of likely N-dealkylation sites (N-methyl/N-ethyl adjacent to an activating group) is 1. The number of hydrogen-bond donors (Lipinski definition) is 0. The van der Waals surface area contributed by atoms with Gasteiger partial charge >= 0.3 is 0 Å². The van der Waals surface area contributed by atoms with Crippen LogP contribution in [0.1, 0.15) is 22.9 Å². The van der Waals surface area contributed by atoms with Crippen LogP contribution in [-0.4, -0.2) is 24.0 Å². The molecule has 2 aromatic rings. The second kappa shape index (κ2) is 7.10. The van der Waals surface area contributed by atoms with E-state index in [0.29, 0.717) is 17.9 Å². The lowest BCUT2D eigenvalue weighted by Crippen LogP contribution is -2.37. The summed E-state index contributed by atoms with van der Waals surface area (Å²) in [5.74, 6) is 0.512. The molecular formula is C17H18N2O2S. The van der Waals surface area contributed by atoms with Gasteiger partial charge in [0.2, 0.25) is 0 Å². The van der Waals surface area contributed by atoms with E-state index >= 15 is 0 Å². The number of carbonyl (C=O) groups excluding carboxylic acids is 1.